The lowest BCUT2D eigenvalue weighted by molar-refractivity contribution is 0.349. The van der Waals surface area contributed by atoms with Gasteiger partial charge in [-0.25, -0.2) is 0 Å². The molecule has 0 aromatic heterocycles. The number of rotatable bonds is 1. The van der Waals surface area contributed by atoms with Gasteiger partial charge in [-0.05, 0) is 49.0 Å². The van der Waals surface area contributed by atoms with Crippen LogP contribution < -0.4 is 5.32 Å². The summed E-state index contributed by atoms with van der Waals surface area (Å²) in [6.45, 7) is 4.46. The summed E-state index contributed by atoms with van der Waals surface area (Å²) in [6, 6.07) is 6.01. The number of nitrogens with one attached hydrogen (secondary N) is 1. The second-order valence-electron chi connectivity index (χ2n) is 4.25. The molecule has 1 saturated heterocycles. The SMILES string of the molecule is CC1CNCCC1c1ccc(Cl)c(Cl)c1. The van der Waals surface area contributed by atoms with Crippen molar-refractivity contribution in [2.75, 3.05) is 13.1 Å². The third kappa shape index (κ3) is 2.47. The van der Waals surface area contributed by atoms with E-state index < -0.39 is 0 Å². The van der Waals surface area contributed by atoms with Crippen molar-refractivity contribution in [2.45, 2.75) is 19.3 Å². The highest BCUT2D eigenvalue weighted by atomic mass is 35.5. The average Bonchev–Trinajstić information content (AvgIpc) is 2.23. The van der Waals surface area contributed by atoms with Crippen molar-refractivity contribution in [1.82, 2.24) is 5.32 Å². The third-order valence-corrected chi connectivity index (χ3v) is 3.90. The van der Waals surface area contributed by atoms with Crippen LogP contribution in [0.5, 0.6) is 0 Å². The summed E-state index contributed by atoms with van der Waals surface area (Å²) in [5.74, 6) is 1.28. The molecular formula is C12H15Cl2N. The Bertz CT molecular complexity index is 351. The molecule has 2 unspecified atom stereocenters. The molecule has 1 aliphatic heterocycles. The molecule has 0 spiro atoms. The molecular weight excluding hydrogens is 229 g/mol. The lowest BCUT2D eigenvalue weighted by Gasteiger charge is -2.30. The molecule has 1 nitrogen and oxygen atoms in total. The molecule has 1 N–H and O–H groups in total. The Morgan fingerprint density at radius 1 is 1.27 bits per heavy atom. The summed E-state index contributed by atoms with van der Waals surface area (Å²) in [5.41, 5.74) is 1.32. The Kier molecular flexibility index (Phi) is 3.55. The number of hydrogen-bond acceptors (Lipinski definition) is 1. The largest absolute Gasteiger partial charge is 0.316 e. The fraction of sp³-hybridized carbons (Fsp3) is 0.500. The van der Waals surface area contributed by atoms with Gasteiger partial charge in [0.1, 0.15) is 0 Å². The van der Waals surface area contributed by atoms with Gasteiger partial charge in [0.15, 0.2) is 0 Å². The molecule has 0 saturated carbocycles. The van der Waals surface area contributed by atoms with E-state index in [9.17, 15) is 0 Å². The second-order valence-corrected chi connectivity index (χ2v) is 5.06. The molecule has 1 fully saturated rings. The molecule has 3 heteroatoms. The van der Waals surface area contributed by atoms with Crippen molar-refractivity contribution >= 4 is 23.2 Å². The van der Waals surface area contributed by atoms with E-state index in [0.29, 0.717) is 21.9 Å². The molecule has 0 bridgehead atoms. The molecule has 1 aliphatic rings. The first-order chi connectivity index (χ1) is 7.18. The zero-order chi connectivity index (χ0) is 10.8. The molecule has 1 heterocycles. The van der Waals surface area contributed by atoms with Gasteiger partial charge >= 0.3 is 0 Å². The Morgan fingerprint density at radius 2 is 2.07 bits per heavy atom. The molecule has 2 atom stereocenters. The molecule has 0 amide bonds. The average molecular weight is 244 g/mol. The van der Waals surface area contributed by atoms with Gasteiger partial charge in [0.25, 0.3) is 0 Å². The van der Waals surface area contributed by atoms with Crippen LogP contribution in [-0.4, -0.2) is 13.1 Å². The Labute approximate surface area is 101 Å². The van der Waals surface area contributed by atoms with Crippen molar-refractivity contribution in [3.63, 3.8) is 0 Å². The van der Waals surface area contributed by atoms with E-state index >= 15 is 0 Å². The summed E-state index contributed by atoms with van der Waals surface area (Å²) in [4.78, 5) is 0. The smallest absolute Gasteiger partial charge is 0.0595 e. The van der Waals surface area contributed by atoms with Crippen molar-refractivity contribution in [3.8, 4) is 0 Å². The van der Waals surface area contributed by atoms with Gasteiger partial charge in [0.2, 0.25) is 0 Å². The van der Waals surface area contributed by atoms with Gasteiger partial charge in [-0.3, -0.25) is 0 Å². The summed E-state index contributed by atoms with van der Waals surface area (Å²) >= 11 is 11.9. The van der Waals surface area contributed by atoms with E-state index in [-0.39, 0.29) is 0 Å². The number of piperidine rings is 1. The van der Waals surface area contributed by atoms with Crippen molar-refractivity contribution in [2.24, 2.45) is 5.92 Å². The van der Waals surface area contributed by atoms with Crippen molar-refractivity contribution in [3.05, 3.63) is 33.8 Å². The summed E-state index contributed by atoms with van der Waals surface area (Å²) in [5, 5.41) is 4.71. The molecule has 1 aromatic carbocycles. The minimum Gasteiger partial charge on any atom is -0.316 e. The van der Waals surface area contributed by atoms with Crippen LogP contribution in [-0.2, 0) is 0 Å². The first-order valence-corrected chi connectivity index (χ1v) is 6.09. The third-order valence-electron chi connectivity index (χ3n) is 3.16. The molecule has 0 radical (unpaired) electrons. The highest BCUT2D eigenvalue weighted by Gasteiger charge is 2.22. The van der Waals surface area contributed by atoms with Crippen LogP contribution in [0, 0.1) is 5.92 Å². The highest BCUT2D eigenvalue weighted by Crippen LogP contribution is 2.33. The zero-order valence-corrected chi connectivity index (χ0v) is 10.3. The van der Waals surface area contributed by atoms with Crippen LogP contribution in [0.4, 0.5) is 0 Å². The Hall–Kier alpha value is -0.240. The summed E-state index contributed by atoms with van der Waals surface area (Å²) in [7, 11) is 0. The van der Waals surface area contributed by atoms with E-state index in [1.165, 1.54) is 12.0 Å². The van der Waals surface area contributed by atoms with Crippen LogP contribution in [0.2, 0.25) is 10.0 Å². The molecule has 0 aliphatic carbocycles. The van der Waals surface area contributed by atoms with E-state index in [0.717, 1.165) is 13.1 Å². The number of halogens is 2. The molecule has 2 rings (SSSR count). The van der Waals surface area contributed by atoms with Crippen LogP contribution in [0.1, 0.15) is 24.8 Å². The highest BCUT2D eigenvalue weighted by molar-refractivity contribution is 6.42. The summed E-state index contributed by atoms with van der Waals surface area (Å²) < 4.78 is 0. The predicted molar refractivity (Wildman–Crippen MR) is 65.9 cm³/mol. The fourth-order valence-electron chi connectivity index (χ4n) is 2.25. The van der Waals surface area contributed by atoms with Gasteiger partial charge in [-0.2, -0.15) is 0 Å². The predicted octanol–water partition coefficient (Wildman–Crippen LogP) is 3.71. The standard InChI is InChI=1S/C12H15Cl2N/c1-8-7-15-5-4-10(8)9-2-3-11(13)12(14)6-9/h2-3,6,8,10,15H,4-5,7H2,1H3. The van der Waals surface area contributed by atoms with Crippen LogP contribution in [0.25, 0.3) is 0 Å². The zero-order valence-electron chi connectivity index (χ0n) is 8.76. The van der Waals surface area contributed by atoms with E-state index in [4.69, 9.17) is 23.2 Å². The maximum absolute atomic E-state index is 6.03. The number of hydrogen-bond donors (Lipinski definition) is 1. The molecule has 82 valence electrons. The van der Waals surface area contributed by atoms with Gasteiger partial charge in [0.05, 0.1) is 10.0 Å². The second kappa shape index (κ2) is 4.73. The lowest BCUT2D eigenvalue weighted by atomic mass is 9.82. The van der Waals surface area contributed by atoms with E-state index in [2.05, 4.69) is 18.3 Å². The van der Waals surface area contributed by atoms with Gasteiger partial charge in [-0.1, -0.05) is 36.2 Å². The first kappa shape index (κ1) is 11.3. The van der Waals surface area contributed by atoms with E-state index in [1.807, 2.05) is 12.1 Å². The summed E-state index contributed by atoms with van der Waals surface area (Å²) in [6.07, 6.45) is 1.18. The topological polar surface area (TPSA) is 12.0 Å². The molecule has 15 heavy (non-hydrogen) atoms. The van der Waals surface area contributed by atoms with Gasteiger partial charge < -0.3 is 5.32 Å². The van der Waals surface area contributed by atoms with Crippen LogP contribution in [0.15, 0.2) is 18.2 Å². The normalized spacial score (nSPS) is 26.6. The van der Waals surface area contributed by atoms with Crippen LogP contribution >= 0.6 is 23.2 Å². The number of benzene rings is 1. The van der Waals surface area contributed by atoms with Crippen molar-refractivity contribution < 1.29 is 0 Å². The minimum atomic E-state index is 0.612. The minimum absolute atomic E-state index is 0.612. The maximum atomic E-state index is 6.03. The van der Waals surface area contributed by atoms with Crippen molar-refractivity contribution in [1.29, 1.82) is 0 Å². The first-order valence-electron chi connectivity index (χ1n) is 5.34. The quantitative estimate of drug-likeness (QED) is 0.794. The Morgan fingerprint density at radius 3 is 2.73 bits per heavy atom. The monoisotopic (exact) mass is 243 g/mol. The maximum Gasteiger partial charge on any atom is 0.0595 e. The molecule has 1 aromatic rings. The van der Waals surface area contributed by atoms with Gasteiger partial charge in [0, 0.05) is 0 Å². The van der Waals surface area contributed by atoms with E-state index in [1.54, 1.807) is 0 Å². The van der Waals surface area contributed by atoms with Gasteiger partial charge in [-0.15, -0.1) is 0 Å². The van der Waals surface area contributed by atoms with Crippen LogP contribution in [0.3, 0.4) is 0 Å². The Balaban J connectivity index is 2.24. The fourth-order valence-corrected chi connectivity index (χ4v) is 2.56. The lowest BCUT2D eigenvalue weighted by Crippen LogP contribution is -2.33.